The number of carbonyl (C=O) groups is 2. The van der Waals surface area contributed by atoms with Crippen LogP contribution in [-0.2, 0) is 9.59 Å². The van der Waals surface area contributed by atoms with Gasteiger partial charge in [-0.15, -0.1) is 0 Å². The number of aliphatic hydroxyl groups is 4. The quantitative estimate of drug-likeness (QED) is 0.147. The second-order valence-electron chi connectivity index (χ2n) is 14.8. The summed E-state index contributed by atoms with van der Waals surface area (Å²) in [6, 6.07) is -0.349. The van der Waals surface area contributed by atoms with Crippen LogP contribution in [0, 0.1) is 23.7 Å². The molecule has 0 aromatic carbocycles. The lowest BCUT2D eigenvalue weighted by molar-refractivity contribution is -0.138. The summed E-state index contributed by atoms with van der Waals surface area (Å²) in [5.74, 6) is -1.53. The van der Waals surface area contributed by atoms with Gasteiger partial charge in [-0.3, -0.25) is 9.59 Å². The van der Waals surface area contributed by atoms with Gasteiger partial charge in [0.2, 0.25) is 0 Å². The monoisotopic (exact) mass is 648 g/mol. The smallest absolute Gasteiger partial charge is 0.303 e. The molecule has 10 N–H and O–H groups in total. The molecule has 14 unspecified atom stereocenters. The third kappa shape index (κ3) is 7.10. The summed E-state index contributed by atoms with van der Waals surface area (Å²) < 4.78 is 0. The van der Waals surface area contributed by atoms with Crippen molar-refractivity contribution in [1.82, 2.24) is 21.3 Å². The van der Waals surface area contributed by atoms with Crippen molar-refractivity contribution in [2.75, 3.05) is 13.2 Å². The highest BCUT2D eigenvalue weighted by atomic mass is 16.4. The Kier molecular flexibility index (Phi) is 11.3. The average molecular weight is 649 g/mol. The van der Waals surface area contributed by atoms with Crippen LogP contribution in [0.4, 0.5) is 0 Å². The lowest BCUT2D eigenvalue weighted by Gasteiger charge is -2.30. The summed E-state index contributed by atoms with van der Waals surface area (Å²) in [5.41, 5.74) is 4.08. The first-order valence-electron chi connectivity index (χ1n) is 17.3. The maximum absolute atomic E-state index is 11.7. The van der Waals surface area contributed by atoms with Crippen molar-refractivity contribution in [2.45, 2.75) is 140 Å². The fourth-order valence-corrected chi connectivity index (χ4v) is 9.93. The zero-order valence-electron chi connectivity index (χ0n) is 27.7. The third-order valence-corrected chi connectivity index (χ3v) is 12.4. The second-order valence-corrected chi connectivity index (χ2v) is 14.8. The molecule has 5 aliphatic rings. The molecule has 14 atom stereocenters. The van der Waals surface area contributed by atoms with Crippen molar-refractivity contribution in [3.63, 3.8) is 0 Å². The molecular formula is C34H56N4O8. The van der Waals surface area contributed by atoms with Crippen LogP contribution in [0.3, 0.4) is 0 Å². The van der Waals surface area contributed by atoms with Crippen molar-refractivity contribution < 1.29 is 40.2 Å². The first-order chi connectivity index (χ1) is 21.8. The summed E-state index contributed by atoms with van der Waals surface area (Å²) in [6.07, 6.45) is 1.95. The third-order valence-electron chi connectivity index (χ3n) is 12.4. The first-order valence-corrected chi connectivity index (χ1v) is 17.3. The van der Waals surface area contributed by atoms with Gasteiger partial charge in [-0.25, -0.2) is 0 Å². The maximum atomic E-state index is 11.7. The van der Waals surface area contributed by atoms with Crippen LogP contribution in [-0.4, -0.2) is 116 Å². The Balaban J connectivity index is 1.53. The molecule has 8 bridgehead atoms. The molecule has 0 aromatic rings. The molecular weight excluding hydrogens is 592 g/mol. The predicted molar refractivity (Wildman–Crippen MR) is 172 cm³/mol. The molecule has 0 saturated carbocycles. The Labute approximate surface area is 272 Å². The van der Waals surface area contributed by atoms with Crippen molar-refractivity contribution in [1.29, 1.82) is 0 Å². The maximum Gasteiger partial charge on any atom is 0.303 e. The van der Waals surface area contributed by atoms with Crippen LogP contribution in [0.2, 0.25) is 0 Å². The van der Waals surface area contributed by atoms with Crippen LogP contribution in [0.1, 0.15) is 79.1 Å². The molecule has 260 valence electrons. The van der Waals surface area contributed by atoms with E-state index in [0.717, 1.165) is 28.7 Å². The number of carboxylic acids is 2. The summed E-state index contributed by atoms with van der Waals surface area (Å²) in [6.45, 7) is 7.68. The van der Waals surface area contributed by atoms with Crippen LogP contribution in [0.5, 0.6) is 0 Å². The molecule has 0 radical (unpaired) electrons. The zero-order chi connectivity index (χ0) is 33.4. The highest BCUT2D eigenvalue weighted by Gasteiger charge is 2.49. The number of hydrogen-bond acceptors (Lipinski definition) is 10. The molecule has 5 rings (SSSR count). The highest BCUT2D eigenvalue weighted by Crippen LogP contribution is 2.43. The van der Waals surface area contributed by atoms with Gasteiger partial charge in [0.05, 0.1) is 25.4 Å². The molecule has 12 heteroatoms. The highest BCUT2D eigenvalue weighted by molar-refractivity contribution is 5.67. The van der Waals surface area contributed by atoms with Gasteiger partial charge in [-0.05, 0) is 75.7 Å². The fraction of sp³-hybridized carbons (Fsp3) is 0.824. The van der Waals surface area contributed by atoms with Crippen molar-refractivity contribution >= 4 is 11.9 Å². The van der Waals surface area contributed by atoms with E-state index in [-0.39, 0.29) is 98.1 Å². The van der Waals surface area contributed by atoms with E-state index in [4.69, 9.17) is 0 Å². The second kappa shape index (κ2) is 14.7. The van der Waals surface area contributed by atoms with E-state index in [0.29, 0.717) is 32.1 Å². The van der Waals surface area contributed by atoms with Gasteiger partial charge in [0.25, 0.3) is 0 Å². The summed E-state index contributed by atoms with van der Waals surface area (Å²) in [5, 5.41) is 76.5. The van der Waals surface area contributed by atoms with Crippen LogP contribution in [0.25, 0.3) is 0 Å². The number of rotatable bonds is 10. The predicted octanol–water partition coefficient (Wildman–Crippen LogP) is 0.496. The molecule has 5 aliphatic heterocycles. The molecule has 0 amide bonds. The average Bonchev–Trinajstić information content (AvgIpc) is 3.67. The lowest BCUT2D eigenvalue weighted by atomic mass is 9.80. The number of hydrogen-bond donors (Lipinski definition) is 10. The zero-order valence-corrected chi connectivity index (χ0v) is 27.7. The molecule has 3 fully saturated rings. The first kappa shape index (κ1) is 35.4. The normalized spacial score (nSPS) is 40.9. The Bertz CT molecular complexity index is 1190. The summed E-state index contributed by atoms with van der Waals surface area (Å²) in [7, 11) is 0. The molecule has 0 aromatic heterocycles. The topological polar surface area (TPSA) is 204 Å². The van der Waals surface area contributed by atoms with E-state index in [1.54, 1.807) is 0 Å². The van der Waals surface area contributed by atoms with E-state index in [2.05, 4.69) is 42.0 Å². The Hall–Kier alpha value is -1.90. The van der Waals surface area contributed by atoms with Gasteiger partial charge in [-0.2, -0.15) is 0 Å². The number of aliphatic hydroxyl groups excluding tert-OH is 4. The van der Waals surface area contributed by atoms with Crippen LogP contribution in [0.15, 0.2) is 22.3 Å². The van der Waals surface area contributed by atoms with Gasteiger partial charge in [0, 0.05) is 67.1 Å². The molecule has 12 nitrogen and oxygen atoms in total. The van der Waals surface area contributed by atoms with E-state index in [1.165, 1.54) is 0 Å². The summed E-state index contributed by atoms with van der Waals surface area (Å²) >= 11 is 0. The summed E-state index contributed by atoms with van der Waals surface area (Å²) in [4.78, 5) is 23.3. The number of nitrogens with one attached hydrogen (secondary N) is 4. The number of aliphatic carboxylic acids is 2. The van der Waals surface area contributed by atoms with Gasteiger partial charge in [0.15, 0.2) is 0 Å². The Morgan fingerprint density at radius 1 is 0.717 bits per heavy atom. The lowest BCUT2D eigenvalue weighted by Crippen LogP contribution is -2.46. The van der Waals surface area contributed by atoms with Gasteiger partial charge >= 0.3 is 11.9 Å². The van der Waals surface area contributed by atoms with Gasteiger partial charge < -0.3 is 51.9 Å². The van der Waals surface area contributed by atoms with Gasteiger partial charge in [0.1, 0.15) is 0 Å². The van der Waals surface area contributed by atoms with Crippen LogP contribution >= 0.6 is 0 Å². The van der Waals surface area contributed by atoms with E-state index in [1.807, 2.05) is 6.92 Å². The van der Waals surface area contributed by atoms with Crippen molar-refractivity contribution in [3.8, 4) is 0 Å². The van der Waals surface area contributed by atoms with Crippen molar-refractivity contribution in [3.05, 3.63) is 22.3 Å². The molecule has 3 saturated heterocycles. The van der Waals surface area contributed by atoms with Crippen LogP contribution < -0.4 is 21.3 Å². The molecule has 0 spiro atoms. The number of carboxylic acid groups (broad SMARTS) is 2. The van der Waals surface area contributed by atoms with E-state index < -0.39 is 24.1 Å². The molecule has 0 aliphatic carbocycles. The standard InChI is InChI=1S/C34H56N4O8/c1-15-19(5-7-31(43)44)25-12-26-20(6-8-32(45)46)16(2)22(36-26)10-27-34(30(42)14-40)18(4)24(38-27)11-28-33(29(41)13-39)17(3)23(37-28)9-21(15)35-25/h15,18-19,21-30,34-42H,5-14H2,1-4H3,(H,43,44)(H,45,46). The SMILES string of the molecule is CC1=C(CCC(=O)O)C2CC3NC(CC4NC(CC5NC(CC1N2)C(C(O)CO)C5C)C(C(O)CO)=C4C)C(C)C3CCC(=O)O. The minimum absolute atomic E-state index is 0.0182. The van der Waals surface area contributed by atoms with E-state index in [9.17, 15) is 40.2 Å². The Morgan fingerprint density at radius 3 is 1.93 bits per heavy atom. The molecule has 5 heterocycles. The fourth-order valence-electron chi connectivity index (χ4n) is 9.93. The van der Waals surface area contributed by atoms with Gasteiger partial charge in [-0.1, -0.05) is 30.6 Å². The van der Waals surface area contributed by atoms with E-state index >= 15 is 0 Å². The largest absolute Gasteiger partial charge is 0.481 e. The number of fused-ring (bicyclic) bond motifs is 8. The Morgan fingerprint density at radius 2 is 1.28 bits per heavy atom. The minimum Gasteiger partial charge on any atom is -0.481 e. The van der Waals surface area contributed by atoms with Crippen molar-refractivity contribution in [2.24, 2.45) is 23.7 Å². The molecule has 46 heavy (non-hydrogen) atoms. The minimum atomic E-state index is -0.988.